The summed E-state index contributed by atoms with van der Waals surface area (Å²) in [5.74, 6) is 0.205. The molecular formula is C21H26N2O4. The molecule has 0 saturated heterocycles. The molecule has 0 radical (unpaired) electrons. The first-order valence-electron chi connectivity index (χ1n) is 8.92. The van der Waals surface area contributed by atoms with Crippen LogP contribution in [-0.4, -0.2) is 30.6 Å². The van der Waals surface area contributed by atoms with E-state index in [1.807, 2.05) is 61.5 Å². The van der Waals surface area contributed by atoms with Gasteiger partial charge in [0.2, 0.25) is 11.8 Å². The zero-order chi connectivity index (χ0) is 19.6. The smallest absolute Gasteiger partial charge is 0.248 e. The Kier molecular flexibility index (Phi) is 7.82. The van der Waals surface area contributed by atoms with Crippen LogP contribution in [0.3, 0.4) is 0 Å². The van der Waals surface area contributed by atoms with Crippen molar-refractivity contribution in [3.8, 4) is 5.75 Å². The number of benzene rings is 2. The van der Waals surface area contributed by atoms with Crippen LogP contribution in [0.15, 0.2) is 54.6 Å². The first-order valence-corrected chi connectivity index (χ1v) is 8.92. The van der Waals surface area contributed by atoms with Gasteiger partial charge in [-0.25, -0.2) is 5.06 Å². The third kappa shape index (κ3) is 6.11. The fourth-order valence-corrected chi connectivity index (χ4v) is 2.82. The van der Waals surface area contributed by atoms with E-state index in [2.05, 4.69) is 5.32 Å². The molecule has 6 nitrogen and oxygen atoms in total. The van der Waals surface area contributed by atoms with Crippen LogP contribution < -0.4 is 10.1 Å². The number of hydrogen-bond donors (Lipinski definition) is 1. The molecule has 0 heterocycles. The number of nitrogens with zero attached hydrogens (tertiary/aromatic N) is 1. The maximum atomic E-state index is 12.8. The van der Waals surface area contributed by atoms with Crippen molar-refractivity contribution in [2.75, 3.05) is 13.7 Å². The minimum atomic E-state index is -0.508. The Morgan fingerprint density at radius 1 is 1.07 bits per heavy atom. The van der Waals surface area contributed by atoms with Gasteiger partial charge in [-0.3, -0.25) is 14.4 Å². The standard InChI is InChI=1S/C21H26N2O4/c1-4-27-20-13-9-8-12-18(20)19(22-16(2)24)14-21(25)23(26-3)15-17-10-6-5-7-11-17/h5-13,19H,4,14-15H2,1-3H3,(H,22,24)/t19-/m0/s1. The Balaban J connectivity index is 2.19. The Morgan fingerprint density at radius 2 is 1.74 bits per heavy atom. The minimum absolute atomic E-state index is 0.0599. The van der Waals surface area contributed by atoms with Crippen molar-refractivity contribution < 1.29 is 19.2 Å². The highest BCUT2D eigenvalue weighted by atomic mass is 16.7. The quantitative estimate of drug-likeness (QED) is 0.688. The number of para-hydroxylation sites is 1. The van der Waals surface area contributed by atoms with E-state index in [4.69, 9.17) is 9.57 Å². The largest absolute Gasteiger partial charge is 0.494 e. The second kappa shape index (κ2) is 10.3. The van der Waals surface area contributed by atoms with Gasteiger partial charge >= 0.3 is 0 Å². The summed E-state index contributed by atoms with van der Waals surface area (Å²) in [4.78, 5) is 29.8. The highest BCUT2D eigenvalue weighted by Gasteiger charge is 2.24. The summed E-state index contributed by atoms with van der Waals surface area (Å²) in [6.45, 7) is 4.15. The van der Waals surface area contributed by atoms with Crippen molar-refractivity contribution in [2.24, 2.45) is 0 Å². The van der Waals surface area contributed by atoms with Gasteiger partial charge in [-0.2, -0.15) is 0 Å². The van der Waals surface area contributed by atoms with E-state index in [-0.39, 0.29) is 18.2 Å². The van der Waals surface area contributed by atoms with Gasteiger partial charge < -0.3 is 10.1 Å². The summed E-state index contributed by atoms with van der Waals surface area (Å²) in [7, 11) is 1.46. The van der Waals surface area contributed by atoms with Crippen LogP contribution in [0.5, 0.6) is 5.75 Å². The average Bonchev–Trinajstić information content (AvgIpc) is 2.66. The number of amides is 2. The predicted octanol–water partition coefficient (Wildman–Crippen LogP) is 3.24. The number of rotatable bonds is 9. The predicted molar refractivity (Wildman–Crippen MR) is 103 cm³/mol. The monoisotopic (exact) mass is 370 g/mol. The lowest BCUT2D eigenvalue weighted by atomic mass is 10.0. The fraction of sp³-hybridized carbons (Fsp3) is 0.333. The highest BCUT2D eigenvalue weighted by Crippen LogP contribution is 2.28. The van der Waals surface area contributed by atoms with Crippen molar-refractivity contribution >= 4 is 11.8 Å². The van der Waals surface area contributed by atoms with E-state index in [9.17, 15) is 9.59 Å². The van der Waals surface area contributed by atoms with Gasteiger partial charge in [0.15, 0.2) is 0 Å². The van der Waals surface area contributed by atoms with E-state index in [1.54, 1.807) is 0 Å². The van der Waals surface area contributed by atoms with Gasteiger partial charge in [-0.05, 0) is 18.6 Å². The van der Waals surface area contributed by atoms with Gasteiger partial charge in [0.05, 0.1) is 32.7 Å². The summed E-state index contributed by atoms with van der Waals surface area (Å²) in [6, 6.07) is 16.5. The van der Waals surface area contributed by atoms with Crippen LogP contribution in [0.4, 0.5) is 0 Å². The lowest BCUT2D eigenvalue weighted by Gasteiger charge is -2.25. The lowest BCUT2D eigenvalue weighted by molar-refractivity contribution is -0.179. The molecule has 27 heavy (non-hydrogen) atoms. The number of ether oxygens (including phenoxy) is 1. The number of nitrogens with one attached hydrogen (secondary N) is 1. The van der Waals surface area contributed by atoms with Crippen LogP contribution >= 0.6 is 0 Å². The Morgan fingerprint density at radius 3 is 2.37 bits per heavy atom. The molecule has 0 fully saturated rings. The zero-order valence-corrected chi connectivity index (χ0v) is 16.0. The molecular weight excluding hydrogens is 344 g/mol. The molecule has 2 aromatic carbocycles. The maximum absolute atomic E-state index is 12.8. The van der Waals surface area contributed by atoms with Gasteiger partial charge in [-0.1, -0.05) is 48.5 Å². The van der Waals surface area contributed by atoms with Crippen LogP contribution in [0.25, 0.3) is 0 Å². The Hall–Kier alpha value is -2.86. The molecule has 1 atom stereocenters. The molecule has 0 bridgehead atoms. The van der Waals surface area contributed by atoms with E-state index in [0.29, 0.717) is 18.9 Å². The van der Waals surface area contributed by atoms with Crippen molar-refractivity contribution in [3.63, 3.8) is 0 Å². The first-order chi connectivity index (χ1) is 13.0. The van der Waals surface area contributed by atoms with Gasteiger partial charge in [0.25, 0.3) is 0 Å². The molecule has 2 aromatic rings. The van der Waals surface area contributed by atoms with E-state index < -0.39 is 6.04 Å². The molecule has 2 rings (SSSR count). The van der Waals surface area contributed by atoms with Crippen molar-refractivity contribution in [1.29, 1.82) is 0 Å². The first kappa shape index (κ1) is 20.5. The third-order valence-electron chi connectivity index (χ3n) is 4.02. The molecule has 0 saturated carbocycles. The van der Waals surface area contributed by atoms with Crippen LogP contribution in [0.1, 0.15) is 37.4 Å². The van der Waals surface area contributed by atoms with Crippen LogP contribution in [-0.2, 0) is 21.0 Å². The van der Waals surface area contributed by atoms with Crippen molar-refractivity contribution in [2.45, 2.75) is 32.9 Å². The number of hydrogen-bond acceptors (Lipinski definition) is 4. The molecule has 0 aromatic heterocycles. The van der Waals surface area contributed by atoms with Gasteiger partial charge in [0.1, 0.15) is 5.75 Å². The van der Waals surface area contributed by atoms with Crippen LogP contribution in [0.2, 0.25) is 0 Å². The molecule has 0 spiro atoms. The highest BCUT2D eigenvalue weighted by molar-refractivity contribution is 5.78. The second-order valence-electron chi connectivity index (χ2n) is 6.03. The fourth-order valence-electron chi connectivity index (χ4n) is 2.82. The molecule has 2 amide bonds. The summed E-state index contributed by atoms with van der Waals surface area (Å²) in [5, 5.41) is 4.15. The average molecular weight is 370 g/mol. The summed E-state index contributed by atoms with van der Waals surface area (Å²) >= 11 is 0. The lowest BCUT2D eigenvalue weighted by Crippen LogP contribution is -2.35. The normalized spacial score (nSPS) is 11.5. The molecule has 6 heteroatoms. The number of hydroxylamine groups is 2. The zero-order valence-electron chi connectivity index (χ0n) is 16.0. The van der Waals surface area contributed by atoms with Gasteiger partial charge in [0, 0.05) is 12.5 Å². The summed E-state index contributed by atoms with van der Waals surface area (Å²) < 4.78 is 5.66. The molecule has 1 N–H and O–H groups in total. The SMILES string of the molecule is CCOc1ccccc1[C@H](CC(=O)N(Cc1ccccc1)OC)NC(C)=O. The molecule has 0 unspecified atom stereocenters. The minimum Gasteiger partial charge on any atom is -0.494 e. The number of carbonyl (C=O) groups excluding carboxylic acids is 2. The third-order valence-corrected chi connectivity index (χ3v) is 4.02. The summed E-state index contributed by atoms with van der Waals surface area (Å²) in [6.07, 6.45) is 0.0599. The van der Waals surface area contributed by atoms with E-state index in [1.165, 1.54) is 19.1 Å². The second-order valence-corrected chi connectivity index (χ2v) is 6.03. The molecule has 144 valence electrons. The topological polar surface area (TPSA) is 67.9 Å². The Labute approximate surface area is 160 Å². The van der Waals surface area contributed by atoms with Gasteiger partial charge in [-0.15, -0.1) is 0 Å². The van der Waals surface area contributed by atoms with E-state index >= 15 is 0 Å². The number of carbonyl (C=O) groups is 2. The molecule has 0 aliphatic heterocycles. The van der Waals surface area contributed by atoms with E-state index in [0.717, 1.165) is 11.1 Å². The molecule has 0 aliphatic carbocycles. The van der Waals surface area contributed by atoms with Crippen LogP contribution in [0, 0.1) is 0 Å². The Bertz CT molecular complexity index is 749. The van der Waals surface area contributed by atoms with Crippen molar-refractivity contribution in [1.82, 2.24) is 10.4 Å². The molecule has 0 aliphatic rings. The maximum Gasteiger partial charge on any atom is 0.248 e. The summed E-state index contributed by atoms with van der Waals surface area (Å²) in [5.41, 5.74) is 1.72. The van der Waals surface area contributed by atoms with Crippen molar-refractivity contribution in [3.05, 3.63) is 65.7 Å².